The fourth-order valence-corrected chi connectivity index (χ4v) is 6.55. The van der Waals surface area contributed by atoms with Crippen LogP contribution < -0.4 is 4.90 Å². The molecule has 4 nitrogen and oxygen atoms in total. The predicted octanol–water partition coefficient (Wildman–Crippen LogP) is 7.13. The second-order valence-corrected chi connectivity index (χ2v) is 12.8. The Balaban J connectivity index is 1.45. The highest BCUT2D eigenvalue weighted by Crippen LogP contribution is 2.25. The smallest absolute Gasteiger partial charge is 0.254 e. The summed E-state index contributed by atoms with van der Waals surface area (Å²) in [5.74, 6) is 3.33. The number of rotatable bonds is 12. The van der Waals surface area contributed by atoms with Crippen LogP contribution in [-0.2, 0) is 13.0 Å². The molecular weight excluding hydrogens is 486 g/mol. The van der Waals surface area contributed by atoms with Crippen molar-refractivity contribution in [3.8, 4) is 0 Å². The van der Waals surface area contributed by atoms with Crippen LogP contribution in [0.2, 0.25) is 0 Å². The number of likely N-dealkylation sites (tertiary alicyclic amines) is 1. The van der Waals surface area contributed by atoms with Crippen molar-refractivity contribution in [3.63, 3.8) is 0 Å². The molecule has 2 saturated heterocycles. The van der Waals surface area contributed by atoms with Gasteiger partial charge < -0.3 is 14.7 Å². The van der Waals surface area contributed by atoms with Gasteiger partial charge in [-0.15, -0.1) is 0 Å². The number of carbonyl (C=O) groups is 1. The molecule has 0 aromatic heterocycles. The zero-order valence-corrected chi connectivity index (χ0v) is 24.9. The normalized spacial score (nSPS) is 17.2. The first-order chi connectivity index (χ1) is 18.5. The fraction of sp³-hybridized carbons (Fsp3) is 0.606. The fourth-order valence-electron chi connectivity index (χ4n) is 5.65. The highest BCUT2D eigenvalue weighted by Gasteiger charge is 2.29. The topological polar surface area (TPSA) is 26.8 Å². The first kappa shape index (κ1) is 29.0. The van der Waals surface area contributed by atoms with Crippen LogP contribution in [0.15, 0.2) is 48.5 Å². The molecule has 38 heavy (non-hydrogen) atoms. The first-order valence-corrected chi connectivity index (χ1v) is 16.2. The lowest BCUT2D eigenvalue weighted by Crippen LogP contribution is -2.47. The van der Waals surface area contributed by atoms with Crippen LogP contribution >= 0.6 is 11.8 Å². The van der Waals surface area contributed by atoms with Gasteiger partial charge in [-0.3, -0.25) is 4.79 Å². The van der Waals surface area contributed by atoms with Crippen molar-refractivity contribution in [2.24, 2.45) is 5.92 Å². The summed E-state index contributed by atoms with van der Waals surface area (Å²) < 4.78 is 0. The molecule has 0 radical (unpaired) electrons. The molecular formula is C33H49N3OS. The van der Waals surface area contributed by atoms with Crippen molar-refractivity contribution in [2.75, 3.05) is 49.1 Å². The molecule has 2 aliphatic rings. The monoisotopic (exact) mass is 535 g/mol. The maximum absolute atomic E-state index is 13.9. The lowest BCUT2D eigenvalue weighted by molar-refractivity contribution is 0.0546. The summed E-state index contributed by atoms with van der Waals surface area (Å²) in [7, 11) is 0. The van der Waals surface area contributed by atoms with E-state index >= 15 is 0 Å². The Kier molecular flexibility index (Phi) is 11.4. The van der Waals surface area contributed by atoms with Gasteiger partial charge in [0.2, 0.25) is 0 Å². The van der Waals surface area contributed by atoms with E-state index in [9.17, 15) is 4.79 Å². The molecule has 4 rings (SSSR count). The second kappa shape index (κ2) is 15.0. The van der Waals surface area contributed by atoms with E-state index < -0.39 is 0 Å². The lowest BCUT2D eigenvalue weighted by atomic mass is 9.99. The molecule has 5 heteroatoms. The highest BCUT2D eigenvalue weighted by molar-refractivity contribution is 7.99. The van der Waals surface area contributed by atoms with Crippen molar-refractivity contribution in [1.29, 1.82) is 0 Å². The van der Waals surface area contributed by atoms with Crippen LogP contribution in [0.25, 0.3) is 0 Å². The van der Waals surface area contributed by atoms with Crippen LogP contribution in [0.1, 0.15) is 80.8 Å². The Labute approximate surface area is 236 Å². The Morgan fingerprint density at radius 3 is 2.21 bits per heavy atom. The lowest BCUT2D eigenvalue weighted by Gasteiger charge is -2.39. The number of hydrogen-bond acceptors (Lipinski definition) is 4. The van der Waals surface area contributed by atoms with Crippen LogP contribution in [0.4, 0.5) is 5.69 Å². The van der Waals surface area contributed by atoms with Gasteiger partial charge in [-0.2, -0.15) is 11.8 Å². The molecule has 2 aromatic rings. The van der Waals surface area contributed by atoms with Gasteiger partial charge in [0.25, 0.3) is 5.91 Å². The molecule has 0 spiro atoms. The van der Waals surface area contributed by atoms with E-state index in [2.05, 4.69) is 84.0 Å². The van der Waals surface area contributed by atoms with E-state index in [1.807, 2.05) is 11.8 Å². The Hall–Kier alpha value is -1.98. The summed E-state index contributed by atoms with van der Waals surface area (Å²) in [4.78, 5) is 21.2. The van der Waals surface area contributed by atoms with E-state index in [0.29, 0.717) is 12.6 Å². The standard InChI is InChI=1S/C33H49N3OS/c1-4-5-6-7-28-8-12-30(13-9-28)33(37)36(32-17-20-34(21-18-32)19-16-27(2)3)26-29-10-14-31(15-11-29)35-22-24-38-25-23-35/h8-15,27,32H,4-7,16-26H2,1-3H3. The van der Waals surface area contributed by atoms with Gasteiger partial charge in [-0.25, -0.2) is 0 Å². The largest absolute Gasteiger partial charge is 0.370 e. The summed E-state index contributed by atoms with van der Waals surface area (Å²) in [6.45, 7) is 13.1. The first-order valence-electron chi connectivity index (χ1n) is 15.1. The number of unbranched alkanes of at least 4 members (excludes halogenated alkanes) is 2. The molecule has 1 amide bonds. The van der Waals surface area contributed by atoms with Crippen LogP contribution in [-0.4, -0.2) is 66.0 Å². The number of aryl methyl sites for hydroxylation is 1. The van der Waals surface area contributed by atoms with Gasteiger partial charge in [0.15, 0.2) is 0 Å². The van der Waals surface area contributed by atoms with Crippen molar-refractivity contribution in [2.45, 2.75) is 78.3 Å². The van der Waals surface area contributed by atoms with Gasteiger partial charge in [-0.05, 0) is 80.0 Å². The molecule has 2 fully saturated rings. The average Bonchev–Trinajstić information content (AvgIpc) is 2.96. The molecule has 208 valence electrons. The van der Waals surface area contributed by atoms with Gasteiger partial charge in [0, 0.05) is 61.5 Å². The third kappa shape index (κ3) is 8.51. The van der Waals surface area contributed by atoms with E-state index in [1.165, 1.54) is 60.5 Å². The second-order valence-electron chi connectivity index (χ2n) is 11.6. The number of nitrogens with zero attached hydrogens (tertiary/aromatic N) is 3. The van der Waals surface area contributed by atoms with E-state index in [4.69, 9.17) is 0 Å². The molecule has 0 unspecified atom stereocenters. The maximum Gasteiger partial charge on any atom is 0.254 e. The number of amides is 1. The number of benzene rings is 2. The molecule has 2 aromatic carbocycles. The van der Waals surface area contributed by atoms with Crippen molar-refractivity contribution in [3.05, 3.63) is 65.2 Å². The number of piperidine rings is 1. The van der Waals surface area contributed by atoms with E-state index in [0.717, 1.165) is 56.9 Å². The van der Waals surface area contributed by atoms with E-state index in [-0.39, 0.29) is 5.91 Å². The molecule has 0 bridgehead atoms. The van der Waals surface area contributed by atoms with Crippen LogP contribution in [0, 0.1) is 5.92 Å². The van der Waals surface area contributed by atoms with Crippen LogP contribution in [0.5, 0.6) is 0 Å². The Bertz CT molecular complexity index is 961. The Morgan fingerprint density at radius 1 is 0.921 bits per heavy atom. The molecule has 2 aliphatic heterocycles. The number of anilines is 1. The summed E-state index contributed by atoms with van der Waals surface area (Å²) in [5, 5.41) is 0. The number of thioether (sulfide) groups is 1. The summed E-state index contributed by atoms with van der Waals surface area (Å²) >= 11 is 2.04. The molecule has 2 heterocycles. The van der Waals surface area contributed by atoms with Crippen molar-refractivity contribution in [1.82, 2.24) is 9.80 Å². The van der Waals surface area contributed by atoms with Crippen molar-refractivity contribution >= 4 is 23.4 Å². The highest BCUT2D eigenvalue weighted by atomic mass is 32.2. The zero-order valence-electron chi connectivity index (χ0n) is 24.0. The molecule has 0 saturated carbocycles. The Morgan fingerprint density at radius 2 is 1.58 bits per heavy atom. The third-order valence-electron chi connectivity index (χ3n) is 8.22. The van der Waals surface area contributed by atoms with Gasteiger partial charge in [0.1, 0.15) is 0 Å². The minimum atomic E-state index is 0.183. The zero-order chi connectivity index (χ0) is 26.7. The minimum Gasteiger partial charge on any atom is -0.370 e. The molecule has 0 aliphatic carbocycles. The van der Waals surface area contributed by atoms with Gasteiger partial charge >= 0.3 is 0 Å². The summed E-state index contributed by atoms with van der Waals surface area (Å²) in [6.07, 6.45) is 8.19. The summed E-state index contributed by atoms with van der Waals surface area (Å²) in [6, 6.07) is 17.8. The SMILES string of the molecule is CCCCCc1ccc(C(=O)N(Cc2ccc(N3CCSCC3)cc2)C2CCN(CCC(C)C)CC2)cc1. The van der Waals surface area contributed by atoms with Crippen molar-refractivity contribution < 1.29 is 4.79 Å². The predicted molar refractivity (Wildman–Crippen MR) is 164 cm³/mol. The summed E-state index contributed by atoms with van der Waals surface area (Å²) in [5.41, 5.74) is 4.71. The van der Waals surface area contributed by atoms with Gasteiger partial charge in [-0.1, -0.05) is 57.9 Å². The third-order valence-corrected chi connectivity index (χ3v) is 9.16. The maximum atomic E-state index is 13.9. The minimum absolute atomic E-state index is 0.183. The van der Waals surface area contributed by atoms with Gasteiger partial charge in [0.05, 0.1) is 0 Å². The average molecular weight is 536 g/mol. The number of hydrogen-bond donors (Lipinski definition) is 0. The van der Waals surface area contributed by atoms with E-state index in [1.54, 1.807) is 0 Å². The quantitative estimate of drug-likeness (QED) is 0.270. The van der Waals surface area contributed by atoms with Crippen LogP contribution in [0.3, 0.4) is 0 Å². The molecule has 0 N–H and O–H groups in total. The number of carbonyl (C=O) groups excluding carboxylic acids is 1. The molecule has 0 atom stereocenters.